The first-order chi connectivity index (χ1) is 9.06. The second-order valence-corrected chi connectivity index (χ2v) is 6.40. The van der Waals surface area contributed by atoms with E-state index in [4.69, 9.17) is 0 Å². The van der Waals surface area contributed by atoms with E-state index in [1.54, 1.807) is 6.92 Å². The highest BCUT2D eigenvalue weighted by Gasteiger charge is 2.26. The third-order valence-electron chi connectivity index (χ3n) is 4.71. The molecule has 2 heteroatoms. The topological polar surface area (TPSA) is 52.1 Å². The van der Waals surface area contributed by atoms with Crippen molar-refractivity contribution in [3.63, 3.8) is 0 Å². The van der Waals surface area contributed by atoms with E-state index >= 15 is 0 Å². The van der Waals surface area contributed by atoms with Crippen LogP contribution >= 0.6 is 0 Å². The normalized spacial score (nSPS) is 13.6. The average molecular weight is 286 g/mol. The lowest BCUT2D eigenvalue weighted by atomic mass is 9.79. The van der Waals surface area contributed by atoms with Crippen LogP contribution in [0, 0.1) is 5.41 Å². The molecule has 0 aliphatic rings. The van der Waals surface area contributed by atoms with Crippen LogP contribution in [0.15, 0.2) is 0 Å². The molecule has 0 fully saturated rings. The summed E-state index contributed by atoms with van der Waals surface area (Å²) in [5.41, 5.74) is -0.0554. The Bertz CT molecular complexity index is 227. The Kier molecular flexibility index (Phi) is 14.9. The fourth-order valence-electron chi connectivity index (χ4n) is 2.60. The Balaban J connectivity index is 0. The molecule has 0 aromatic rings. The number of hydrogen-bond acceptors (Lipinski definition) is 2. The van der Waals surface area contributed by atoms with Gasteiger partial charge in [-0.25, -0.2) is 0 Å². The zero-order valence-electron chi connectivity index (χ0n) is 14.6. The van der Waals surface area contributed by atoms with Crippen molar-refractivity contribution in [3.05, 3.63) is 0 Å². The Morgan fingerprint density at radius 1 is 0.800 bits per heavy atom. The summed E-state index contributed by atoms with van der Waals surface area (Å²) >= 11 is 0. The Hall–Kier alpha value is -0.370. The maximum absolute atomic E-state index is 11.6. The molecule has 0 spiro atoms. The highest BCUT2D eigenvalue weighted by molar-refractivity contribution is 5.81. The van der Waals surface area contributed by atoms with Crippen LogP contribution in [0.25, 0.3) is 0 Å². The molecule has 0 radical (unpaired) electrons. The van der Waals surface area contributed by atoms with E-state index < -0.39 is 0 Å². The van der Waals surface area contributed by atoms with Gasteiger partial charge < -0.3 is 6.15 Å². The lowest BCUT2D eigenvalue weighted by Crippen LogP contribution is -2.24. The number of unbranched alkanes of at least 4 members (excludes halogenated alkanes) is 9. The summed E-state index contributed by atoms with van der Waals surface area (Å²) in [5, 5.41) is 0. The van der Waals surface area contributed by atoms with Gasteiger partial charge in [0.1, 0.15) is 5.78 Å². The molecule has 3 N–H and O–H groups in total. The summed E-state index contributed by atoms with van der Waals surface area (Å²) in [4.78, 5) is 11.6. The van der Waals surface area contributed by atoms with Crippen LogP contribution in [0.2, 0.25) is 0 Å². The van der Waals surface area contributed by atoms with Gasteiger partial charge in [0.15, 0.2) is 0 Å². The van der Waals surface area contributed by atoms with Crippen LogP contribution in [-0.4, -0.2) is 5.78 Å². The molecule has 2 nitrogen and oxygen atoms in total. The van der Waals surface area contributed by atoms with Crippen molar-refractivity contribution in [2.75, 3.05) is 0 Å². The summed E-state index contributed by atoms with van der Waals surface area (Å²) in [6.07, 6.45) is 15.7. The van der Waals surface area contributed by atoms with Gasteiger partial charge in [-0.3, -0.25) is 4.79 Å². The minimum Gasteiger partial charge on any atom is -0.344 e. The molecular weight excluding hydrogens is 246 g/mol. The molecular formula is C18H39NO. The minimum atomic E-state index is -0.0554. The molecule has 0 aliphatic carbocycles. The zero-order chi connectivity index (χ0) is 14.6. The average Bonchev–Trinajstić information content (AvgIpc) is 2.40. The number of ketones is 1. The second kappa shape index (κ2) is 13.6. The van der Waals surface area contributed by atoms with Crippen LogP contribution < -0.4 is 6.15 Å². The molecule has 0 aromatic carbocycles. The molecule has 0 heterocycles. The van der Waals surface area contributed by atoms with E-state index in [-0.39, 0.29) is 11.6 Å². The summed E-state index contributed by atoms with van der Waals surface area (Å²) < 4.78 is 0. The summed E-state index contributed by atoms with van der Waals surface area (Å²) in [5.74, 6) is 0.367. The molecule has 0 aliphatic heterocycles. The van der Waals surface area contributed by atoms with Crippen molar-refractivity contribution < 1.29 is 4.79 Å². The van der Waals surface area contributed by atoms with Gasteiger partial charge in [0.05, 0.1) is 0 Å². The van der Waals surface area contributed by atoms with Crippen molar-refractivity contribution in [3.8, 4) is 0 Å². The van der Waals surface area contributed by atoms with Crippen molar-refractivity contribution >= 4 is 5.78 Å². The van der Waals surface area contributed by atoms with Gasteiger partial charge >= 0.3 is 0 Å². The molecule has 1 unspecified atom stereocenters. The standard InChI is InChI=1S/C18H36O.H3N/c1-5-7-8-9-10-11-12-13-14-15-16-18(4,6-2)17(3)19;/h5-16H2,1-4H3;1H3. The van der Waals surface area contributed by atoms with Crippen molar-refractivity contribution in [2.24, 2.45) is 5.41 Å². The smallest absolute Gasteiger partial charge is 0.135 e. The largest absolute Gasteiger partial charge is 0.344 e. The Morgan fingerprint density at radius 3 is 1.55 bits per heavy atom. The zero-order valence-corrected chi connectivity index (χ0v) is 14.6. The van der Waals surface area contributed by atoms with Crippen LogP contribution in [0.5, 0.6) is 0 Å². The third kappa shape index (κ3) is 10.4. The van der Waals surface area contributed by atoms with Crippen LogP contribution in [-0.2, 0) is 4.79 Å². The molecule has 122 valence electrons. The fourth-order valence-corrected chi connectivity index (χ4v) is 2.60. The fraction of sp³-hybridized carbons (Fsp3) is 0.944. The first-order valence-corrected chi connectivity index (χ1v) is 8.58. The number of carbonyl (C=O) groups is 1. The number of hydrogen-bond donors (Lipinski definition) is 1. The van der Waals surface area contributed by atoms with Crippen LogP contribution in [0.1, 0.15) is 105 Å². The highest BCUT2D eigenvalue weighted by atomic mass is 16.1. The van der Waals surface area contributed by atoms with Crippen molar-refractivity contribution in [2.45, 2.75) is 105 Å². The van der Waals surface area contributed by atoms with E-state index in [9.17, 15) is 4.79 Å². The molecule has 1 atom stereocenters. The maximum atomic E-state index is 11.6. The molecule has 0 aromatic heterocycles. The monoisotopic (exact) mass is 285 g/mol. The SMILES string of the molecule is CCCCCCCCCCCCC(C)(CC)C(C)=O.N. The van der Waals surface area contributed by atoms with Crippen LogP contribution in [0.4, 0.5) is 0 Å². The summed E-state index contributed by atoms with van der Waals surface area (Å²) in [6, 6.07) is 0. The Morgan fingerprint density at radius 2 is 1.20 bits per heavy atom. The van der Waals surface area contributed by atoms with Gasteiger partial charge in [-0.05, 0) is 19.8 Å². The molecule has 0 bridgehead atoms. The van der Waals surface area contributed by atoms with Gasteiger partial charge in [-0.1, -0.05) is 85.0 Å². The number of Topliss-reactive ketones (excluding diaryl/α,β-unsaturated/α-hetero) is 1. The molecule has 0 rings (SSSR count). The molecule has 0 saturated heterocycles. The van der Waals surface area contributed by atoms with E-state index in [0.717, 1.165) is 12.8 Å². The van der Waals surface area contributed by atoms with E-state index in [1.165, 1.54) is 64.2 Å². The first kappa shape index (κ1) is 21.9. The highest BCUT2D eigenvalue weighted by Crippen LogP contribution is 2.29. The Labute approximate surface area is 127 Å². The maximum Gasteiger partial charge on any atom is 0.135 e. The van der Waals surface area contributed by atoms with Gasteiger partial charge in [0.2, 0.25) is 0 Å². The predicted molar refractivity (Wildman–Crippen MR) is 90.6 cm³/mol. The number of rotatable bonds is 13. The lowest BCUT2D eigenvalue weighted by molar-refractivity contribution is -0.126. The number of carbonyl (C=O) groups excluding carboxylic acids is 1. The third-order valence-corrected chi connectivity index (χ3v) is 4.71. The van der Waals surface area contributed by atoms with E-state index in [0.29, 0.717) is 5.78 Å². The van der Waals surface area contributed by atoms with Gasteiger partial charge in [-0.2, -0.15) is 0 Å². The summed E-state index contributed by atoms with van der Waals surface area (Å²) in [6.45, 7) is 8.28. The summed E-state index contributed by atoms with van der Waals surface area (Å²) in [7, 11) is 0. The molecule has 0 amide bonds. The second-order valence-electron chi connectivity index (χ2n) is 6.40. The van der Waals surface area contributed by atoms with Crippen molar-refractivity contribution in [1.82, 2.24) is 6.15 Å². The predicted octanol–water partition coefficient (Wildman–Crippen LogP) is 6.46. The van der Waals surface area contributed by atoms with Gasteiger partial charge in [0.25, 0.3) is 0 Å². The lowest BCUT2D eigenvalue weighted by Gasteiger charge is -2.24. The molecule has 0 saturated carbocycles. The van der Waals surface area contributed by atoms with Gasteiger partial charge in [0, 0.05) is 5.41 Å². The molecule has 20 heavy (non-hydrogen) atoms. The van der Waals surface area contributed by atoms with Crippen molar-refractivity contribution in [1.29, 1.82) is 0 Å². The quantitative estimate of drug-likeness (QED) is 0.394. The van der Waals surface area contributed by atoms with Crippen LogP contribution in [0.3, 0.4) is 0 Å². The minimum absolute atomic E-state index is 0. The van der Waals surface area contributed by atoms with E-state index in [2.05, 4.69) is 20.8 Å². The van der Waals surface area contributed by atoms with E-state index in [1.807, 2.05) is 0 Å². The first-order valence-electron chi connectivity index (χ1n) is 8.58. The van der Waals surface area contributed by atoms with Gasteiger partial charge in [-0.15, -0.1) is 0 Å².